The summed E-state index contributed by atoms with van der Waals surface area (Å²) in [5.74, 6) is 5.45. The molecule has 0 bridgehead atoms. The first-order valence-corrected chi connectivity index (χ1v) is 4.89. The third-order valence-electron chi connectivity index (χ3n) is 2.78. The molecule has 0 unspecified atom stereocenters. The molecule has 0 radical (unpaired) electrons. The smallest absolute Gasteiger partial charge is 0.0983 e. The largest absolute Gasteiger partial charge is 0.323 e. The maximum absolute atomic E-state index is 5.45. The van der Waals surface area contributed by atoms with Crippen molar-refractivity contribution < 1.29 is 0 Å². The molecule has 2 N–H and O–H groups in total. The molecule has 2 nitrogen and oxygen atoms in total. The van der Waals surface area contributed by atoms with Crippen LogP contribution in [-0.2, 0) is 0 Å². The van der Waals surface area contributed by atoms with E-state index in [1.807, 2.05) is 24.3 Å². The van der Waals surface area contributed by atoms with Gasteiger partial charge >= 0.3 is 0 Å². The van der Waals surface area contributed by atoms with Crippen LogP contribution >= 0.6 is 0 Å². The summed E-state index contributed by atoms with van der Waals surface area (Å²) in [5, 5.41) is 3.89. The molecule has 1 aliphatic carbocycles. The summed E-state index contributed by atoms with van der Waals surface area (Å²) >= 11 is 0. The highest BCUT2D eigenvalue weighted by molar-refractivity contribution is 6.24. The maximum Gasteiger partial charge on any atom is 0.0983 e. The first-order valence-electron chi connectivity index (χ1n) is 4.89. The van der Waals surface area contributed by atoms with Crippen molar-refractivity contribution in [3.63, 3.8) is 0 Å². The first-order chi connectivity index (χ1) is 7.42. The Kier molecular flexibility index (Phi) is 1.62. The van der Waals surface area contributed by atoms with Crippen LogP contribution in [0.2, 0.25) is 0 Å². The molecule has 15 heavy (non-hydrogen) atoms. The second-order valence-electron chi connectivity index (χ2n) is 3.57. The monoisotopic (exact) mass is 194 g/mol. The molecule has 0 fully saturated rings. The van der Waals surface area contributed by atoms with Gasteiger partial charge in [0.1, 0.15) is 0 Å². The van der Waals surface area contributed by atoms with Crippen LogP contribution in [0, 0.1) is 0 Å². The Morgan fingerprint density at radius 1 is 0.667 bits per heavy atom. The third kappa shape index (κ3) is 1.02. The van der Waals surface area contributed by atoms with Gasteiger partial charge < -0.3 is 5.84 Å². The molecule has 0 aliphatic heterocycles. The Morgan fingerprint density at radius 2 is 1.07 bits per heavy atom. The third-order valence-corrected chi connectivity index (χ3v) is 2.78. The molecule has 72 valence electrons. The minimum Gasteiger partial charge on any atom is -0.323 e. The van der Waals surface area contributed by atoms with Gasteiger partial charge in [-0.15, -0.1) is 0 Å². The van der Waals surface area contributed by atoms with Crippen LogP contribution in [0.25, 0.3) is 11.1 Å². The van der Waals surface area contributed by atoms with Gasteiger partial charge in [0.05, 0.1) is 5.71 Å². The molecule has 3 rings (SSSR count). The number of nitrogens with zero attached hydrogens (tertiary/aromatic N) is 1. The second kappa shape index (κ2) is 2.95. The van der Waals surface area contributed by atoms with Gasteiger partial charge in [-0.25, -0.2) is 0 Å². The molecular weight excluding hydrogens is 184 g/mol. The zero-order chi connectivity index (χ0) is 10.3. The summed E-state index contributed by atoms with van der Waals surface area (Å²) < 4.78 is 0. The van der Waals surface area contributed by atoms with Crippen molar-refractivity contribution in [2.45, 2.75) is 0 Å². The Balaban J connectivity index is 2.41. The molecule has 0 saturated heterocycles. The van der Waals surface area contributed by atoms with E-state index in [1.165, 1.54) is 11.1 Å². The van der Waals surface area contributed by atoms with Crippen LogP contribution in [0.4, 0.5) is 0 Å². The number of nitrogens with two attached hydrogens (primary N) is 1. The van der Waals surface area contributed by atoms with Crippen molar-refractivity contribution in [3.8, 4) is 11.1 Å². The van der Waals surface area contributed by atoms with Crippen molar-refractivity contribution in [2.24, 2.45) is 10.9 Å². The fourth-order valence-corrected chi connectivity index (χ4v) is 2.13. The van der Waals surface area contributed by atoms with Gasteiger partial charge in [0.2, 0.25) is 0 Å². The molecular formula is C13H10N2. The van der Waals surface area contributed by atoms with E-state index in [2.05, 4.69) is 29.4 Å². The van der Waals surface area contributed by atoms with E-state index in [4.69, 9.17) is 5.84 Å². The zero-order valence-electron chi connectivity index (χ0n) is 8.14. The van der Waals surface area contributed by atoms with Gasteiger partial charge in [-0.3, -0.25) is 0 Å². The van der Waals surface area contributed by atoms with E-state index in [1.54, 1.807) is 0 Å². The summed E-state index contributed by atoms with van der Waals surface area (Å²) in [7, 11) is 0. The molecule has 1 aliphatic rings. The number of hydrazone groups is 1. The molecule has 0 heterocycles. The lowest BCUT2D eigenvalue weighted by atomic mass is 10.1. The van der Waals surface area contributed by atoms with E-state index in [-0.39, 0.29) is 0 Å². The minimum absolute atomic E-state index is 0.890. The Bertz CT molecular complexity index is 508. The zero-order valence-corrected chi connectivity index (χ0v) is 8.14. The van der Waals surface area contributed by atoms with E-state index in [0.717, 1.165) is 16.8 Å². The van der Waals surface area contributed by atoms with Crippen molar-refractivity contribution in [3.05, 3.63) is 59.7 Å². The molecule has 2 aromatic carbocycles. The van der Waals surface area contributed by atoms with Gasteiger partial charge in [0.25, 0.3) is 0 Å². The number of hydrogen-bond donors (Lipinski definition) is 1. The summed E-state index contributed by atoms with van der Waals surface area (Å²) in [5.41, 5.74) is 5.58. The van der Waals surface area contributed by atoms with Crippen LogP contribution in [0.3, 0.4) is 0 Å². The Labute approximate surface area is 88.1 Å². The summed E-state index contributed by atoms with van der Waals surface area (Å²) in [6.07, 6.45) is 0. The van der Waals surface area contributed by atoms with E-state index >= 15 is 0 Å². The van der Waals surface area contributed by atoms with Crippen molar-refractivity contribution in [1.29, 1.82) is 0 Å². The highest BCUT2D eigenvalue weighted by Crippen LogP contribution is 2.36. The average Bonchev–Trinajstić information content (AvgIpc) is 2.63. The molecule has 2 aromatic rings. The Morgan fingerprint density at radius 3 is 1.47 bits per heavy atom. The van der Waals surface area contributed by atoms with Gasteiger partial charge in [0, 0.05) is 11.1 Å². The number of fused-ring (bicyclic) bond motifs is 3. The first kappa shape index (κ1) is 8.24. The lowest BCUT2D eigenvalue weighted by molar-refractivity contribution is 1.25. The average molecular weight is 194 g/mol. The molecule has 0 amide bonds. The van der Waals surface area contributed by atoms with E-state index in [0.29, 0.717) is 0 Å². The SMILES string of the molecule is NN=C1c2ccccc2-c2ccccc21. The topological polar surface area (TPSA) is 38.4 Å². The predicted molar refractivity (Wildman–Crippen MR) is 61.7 cm³/mol. The summed E-state index contributed by atoms with van der Waals surface area (Å²) in [4.78, 5) is 0. The molecule has 0 aromatic heterocycles. The molecule has 0 saturated carbocycles. The number of hydrogen-bond acceptors (Lipinski definition) is 2. The molecule has 0 spiro atoms. The molecule has 0 atom stereocenters. The van der Waals surface area contributed by atoms with Crippen LogP contribution in [0.15, 0.2) is 53.6 Å². The fraction of sp³-hybridized carbons (Fsp3) is 0. The number of rotatable bonds is 0. The van der Waals surface area contributed by atoms with Gasteiger partial charge in [-0.2, -0.15) is 5.10 Å². The standard InChI is InChI=1S/C13H10N2/c14-15-13-11-7-3-1-5-9(11)10-6-2-4-8-12(10)13/h1-8H,14H2. The highest BCUT2D eigenvalue weighted by Gasteiger charge is 2.23. The second-order valence-corrected chi connectivity index (χ2v) is 3.57. The summed E-state index contributed by atoms with van der Waals surface area (Å²) in [6.45, 7) is 0. The number of benzene rings is 2. The van der Waals surface area contributed by atoms with Crippen LogP contribution < -0.4 is 5.84 Å². The highest BCUT2D eigenvalue weighted by atomic mass is 15.1. The van der Waals surface area contributed by atoms with E-state index in [9.17, 15) is 0 Å². The molecule has 2 heteroatoms. The van der Waals surface area contributed by atoms with Gasteiger partial charge in [-0.1, -0.05) is 48.5 Å². The van der Waals surface area contributed by atoms with Crippen molar-refractivity contribution >= 4 is 5.71 Å². The lowest BCUT2D eigenvalue weighted by Crippen LogP contribution is -2.01. The maximum atomic E-state index is 5.45. The van der Waals surface area contributed by atoms with Gasteiger partial charge in [0.15, 0.2) is 0 Å². The van der Waals surface area contributed by atoms with Crippen molar-refractivity contribution in [1.82, 2.24) is 0 Å². The normalized spacial score (nSPS) is 12.1. The van der Waals surface area contributed by atoms with Crippen molar-refractivity contribution in [2.75, 3.05) is 0 Å². The van der Waals surface area contributed by atoms with Crippen LogP contribution in [-0.4, -0.2) is 5.71 Å². The quantitative estimate of drug-likeness (QED) is 0.433. The fourth-order valence-electron chi connectivity index (χ4n) is 2.13. The van der Waals surface area contributed by atoms with E-state index < -0.39 is 0 Å². The van der Waals surface area contributed by atoms with Gasteiger partial charge in [-0.05, 0) is 11.1 Å². The minimum atomic E-state index is 0.890. The van der Waals surface area contributed by atoms with Crippen LogP contribution in [0.5, 0.6) is 0 Å². The summed E-state index contributed by atoms with van der Waals surface area (Å²) in [6, 6.07) is 16.4. The lowest BCUT2D eigenvalue weighted by Gasteiger charge is -1.97. The van der Waals surface area contributed by atoms with Crippen LogP contribution in [0.1, 0.15) is 11.1 Å². The Hall–Kier alpha value is -2.09. The predicted octanol–water partition coefficient (Wildman–Crippen LogP) is 2.38.